The van der Waals surface area contributed by atoms with E-state index in [9.17, 15) is 14.4 Å². The molecule has 3 heterocycles. The van der Waals surface area contributed by atoms with E-state index >= 15 is 0 Å². The zero-order valence-electron chi connectivity index (χ0n) is 17.2. The quantitative estimate of drug-likeness (QED) is 0.660. The van der Waals surface area contributed by atoms with Gasteiger partial charge in [0.1, 0.15) is 5.78 Å². The first-order valence-electron chi connectivity index (χ1n) is 10.3. The third kappa shape index (κ3) is 5.02. The van der Waals surface area contributed by atoms with Crippen molar-refractivity contribution in [2.24, 2.45) is 11.8 Å². The maximum atomic E-state index is 12.8. The number of carbonyl (C=O) groups is 2. The van der Waals surface area contributed by atoms with Crippen molar-refractivity contribution in [3.05, 3.63) is 39.0 Å². The Bertz CT molecular complexity index is 1040. The molecule has 12 heteroatoms. The average molecular weight is 481 g/mol. The second kappa shape index (κ2) is 9.83. The number of H-pyrrole nitrogens is 1. The van der Waals surface area contributed by atoms with Crippen LogP contribution in [0.3, 0.4) is 0 Å². The summed E-state index contributed by atoms with van der Waals surface area (Å²) in [6.07, 6.45) is 5.87. The van der Waals surface area contributed by atoms with E-state index in [1.54, 1.807) is 17.3 Å². The van der Waals surface area contributed by atoms with Gasteiger partial charge >= 0.3 is 0 Å². The summed E-state index contributed by atoms with van der Waals surface area (Å²) in [5.41, 5.74) is -0.548. The molecule has 4 rings (SSSR count). The average Bonchev–Trinajstić information content (AvgIpc) is 3.14. The maximum absolute atomic E-state index is 12.8. The number of amides is 1. The molecule has 1 saturated heterocycles. The van der Waals surface area contributed by atoms with Gasteiger partial charge in [0.25, 0.3) is 5.56 Å². The normalized spacial score (nSPS) is 21.1. The molecule has 0 aromatic carbocycles. The standard InChI is InChI=1S/C20H22Cl2N6O4/c21-14-8-23-20(24-9-14)28-5-3-27(4-6-28)16(29)7-12-1-2-13(18(12)30)11-32-15-10-25-26-19(31)17(15)22/h8-10,12-13H,1-7,11H2,(H,26,31)/t12-,13+/m1/s1. The minimum Gasteiger partial charge on any atom is -0.489 e. The van der Waals surface area contributed by atoms with Gasteiger partial charge in [-0.05, 0) is 12.8 Å². The summed E-state index contributed by atoms with van der Waals surface area (Å²) in [7, 11) is 0. The van der Waals surface area contributed by atoms with Crippen LogP contribution in [0.4, 0.5) is 5.95 Å². The van der Waals surface area contributed by atoms with Crippen molar-refractivity contribution in [1.29, 1.82) is 0 Å². The Labute approximate surface area is 193 Å². The van der Waals surface area contributed by atoms with Gasteiger partial charge in [-0.3, -0.25) is 14.4 Å². The van der Waals surface area contributed by atoms with Crippen molar-refractivity contribution in [2.45, 2.75) is 19.3 Å². The molecule has 2 aromatic heterocycles. The van der Waals surface area contributed by atoms with Crippen LogP contribution in [0.15, 0.2) is 23.4 Å². The van der Waals surface area contributed by atoms with Crippen LogP contribution >= 0.6 is 23.2 Å². The number of hydrogen-bond acceptors (Lipinski definition) is 8. The van der Waals surface area contributed by atoms with Crippen LogP contribution in [-0.2, 0) is 9.59 Å². The van der Waals surface area contributed by atoms with Gasteiger partial charge in [-0.2, -0.15) is 5.10 Å². The highest BCUT2D eigenvalue weighted by molar-refractivity contribution is 6.31. The van der Waals surface area contributed by atoms with Crippen LogP contribution in [0.1, 0.15) is 19.3 Å². The molecule has 0 spiro atoms. The second-order valence-corrected chi connectivity index (χ2v) is 8.65. The van der Waals surface area contributed by atoms with E-state index in [0.29, 0.717) is 50.0 Å². The second-order valence-electron chi connectivity index (χ2n) is 7.84. The molecular weight excluding hydrogens is 459 g/mol. The first kappa shape index (κ1) is 22.5. The van der Waals surface area contributed by atoms with Crippen molar-refractivity contribution < 1.29 is 14.3 Å². The number of aromatic nitrogens is 4. The fraction of sp³-hybridized carbons (Fsp3) is 0.500. The van der Waals surface area contributed by atoms with Crippen LogP contribution < -0.4 is 15.2 Å². The molecule has 2 aliphatic rings. The minimum atomic E-state index is -0.548. The Morgan fingerprint density at radius 1 is 1.06 bits per heavy atom. The Morgan fingerprint density at radius 3 is 2.47 bits per heavy atom. The molecule has 2 aromatic rings. The van der Waals surface area contributed by atoms with E-state index in [0.717, 1.165) is 0 Å². The van der Waals surface area contributed by atoms with E-state index < -0.39 is 5.56 Å². The van der Waals surface area contributed by atoms with Crippen LogP contribution in [0.2, 0.25) is 10.0 Å². The lowest BCUT2D eigenvalue weighted by molar-refractivity contribution is -0.135. The monoisotopic (exact) mass is 480 g/mol. The number of halogens is 2. The van der Waals surface area contributed by atoms with E-state index in [-0.39, 0.29) is 47.3 Å². The molecule has 2 atom stereocenters. The number of ketones is 1. The zero-order valence-corrected chi connectivity index (χ0v) is 18.7. The summed E-state index contributed by atoms with van der Waals surface area (Å²) in [4.78, 5) is 49.2. The molecule has 0 bridgehead atoms. The summed E-state index contributed by atoms with van der Waals surface area (Å²) in [6.45, 7) is 2.44. The third-order valence-electron chi connectivity index (χ3n) is 5.81. The number of Topliss-reactive ketones (excluding diaryl/α,β-unsaturated/α-hetero) is 1. The molecule has 0 unspecified atom stereocenters. The van der Waals surface area contributed by atoms with E-state index in [2.05, 4.69) is 20.2 Å². The van der Waals surface area contributed by atoms with Gasteiger partial charge in [0, 0.05) is 38.5 Å². The predicted molar refractivity (Wildman–Crippen MR) is 117 cm³/mol. The largest absolute Gasteiger partial charge is 0.489 e. The lowest BCUT2D eigenvalue weighted by Crippen LogP contribution is -2.49. The summed E-state index contributed by atoms with van der Waals surface area (Å²) < 4.78 is 5.55. The number of rotatable bonds is 6. The number of anilines is 1. The molecule has 1 saturated carbocycles. The molecule has 170 valence electrons. The predicted octanol–water partition coefficient (Wildman–Crippen LogP) is 1.58. The van der Waals surface area contributed by atoms with Crippen molar-refractivity contribution in [3.63, 3.8) is 0 Å². The van der Waals surface area contributed by atoms with Gasteiger partial charge in [-0.1, -0.05) is 23.2 Å². The Balaban J connectivity index is 1.25. The molecule has 1 N–H and O–H groups in total. The number of piperazine rings is 1. The molecule has 2 fully saturated rings. The van der Waals surface area contributed by atoms with Crippen molar-refractivity contribution >= 4 is 40.8 Å². The maximum Gasteiger partial charge on any atom is 0.286 e. The number of ether oxygens (including phenoxy) is 1. The summed E-state index contributed by atoms with van der Waals surface area (Å²) in [5.74, 6) is 0.0729. The number of hydrogen-bond donors (Lipinski definition) is 1. The summed E-state index contributed by atoms with van der Waals surface area (Å²) in [5, 5.41) is 6.23. The smallest absolute Gasteiger partial charge is 0.286 e. The molecule has 32 heavy (non-hydrogen) atoms. The highest BCUT2D eigenvalue weighted by Crippen LogP contribution is 2.31. The topological polar surface area (TPSA) is 121 Å². The highest BCUT2D eigenvalue weighted by atomic mass is 35.5. The first-order chi connectivity index (χ1) is 15.4. The lowest BCUT2D eigenvalue weighted by atomic mass is 9.99. The molecule has 1 aliphatic carbocycles. The number of nitrogens with one attached hydrogen (secondary N) is 1. The van der Waals surface area contributed by atoms with Gasteiger partial charge in [0.15, 0.2) is 10.8 Å². The Kier molecular flexibility index (Phi) is 6.90. The molecular formula is C20H22Cl2N6O4. The van der Waals surface area contributed by atoms with E-state index in [4.69, 9.17) is 27.9 Å². The molecule has 10 nitrogen and oxygen atoms in total. The Morgan fingerprint density at radius 2 is 1.75 bits per heavy atom. The van der Waals surface area contributed by atoms with E-state index in [1.165, 1.54) is 6.20 Å². The fourth-order valence-corrected chi connectivity index (χ4v) is 4.25. The van der Waals surface area contributed by atoms with Gasteiger partial charge < -0.3 is 14.5 Å². The van der Waals surface area contributed by atoms with E-state index in [1.807, 2.05) is 4.90 Å². The first-order valence-corrected chi connectivity index (χ1v) is 11.1. The number of carbonyl (C=O) groups excluding carboxylic acids is 2. The van der Waals surface area contributed by atoms with Gasteiger partial charge in [0.2, 0.25) is 11.9 Å². The number of aromatic amines is 1. The zero-order chi connectivity index (χ0) is 22.7. The van der Waals surface area contributed by atoms with Gasteiger partial charge in [-0.25, -0.2) is 15.1 Å². The molecule has 0 radical (unpaired) electrons. The van der Waals surface area contributed by atoms with Gasteiger partial charge in [-0.15, -0.1) is 0 Å². The minimum absolute atomic E-state index is 0.0143. The van der Waals surface area contributed by atoms with Crippen LogP contribution in [-0.4, -0.2) is 69.5 Å². The van der Waals surface area contributed by atoms with Crippen molar-refractivity contribution in [2.75, 3.05) is 37.7 Å². The molecule has 1 amide bonds. The number of nitrogens with zero attached hydrogens (tertiary/aromatic N) is 5. The highest BCUT2D eigenvalue weighted by Gasteiger charge is 2.37. The summed E-state index contributed by atoms with van der Waals surface area (Å²) >= 11 is 11.7. The SMILES string of the molecule is O=C1[C@@H](CC(=O)N2CCN(c3ncc(Cl)cn3)CC2)CC[C@H]1COc1cn[nH]c(=O)c1Cl. The van der Waals surface area contributed by atoms with Crippen LogP contribution in [0, 0.1) is 11.8 Å². The third-order valence-corrected chi connectivity index (χ3v) is 6.37. The Hall–Kier alpha value is -2.72. The lowest BCUT2D eigenvalue weighted by Gasteiger charge is -2.35. The fourth-order valence-electron chi connectivity index (χ4n) is 4.01. The van der Waals surface area contributed by atoms with Gasteiger partial charge in [0.05, 0.1) is 36.1 Å². The summed E-state index contributed by atoms with van der Waals surface area (Å²) in [6, 6.07) is 0. The van der Waals surface area contributed by atoms with Crippen LogP contribution in [0.5, 0.6) is 5.75 Å². The van der Waals surface area contributed by atoms with Crippen molar-refractivity contribution in [1.82, 2.24) is 25.1 Å². The molecule has 1 aliphatic heterocycles. The van der Waals surface area contributed by atoms with Crippen molar-refractivity contribution in [3.8, 4) is 5.75 Å². The van der Waals surface area contributed by atoms with Crippen LogP contribution in [0.25, 0.3) is 0 Å².